The molecular weight excluding hydrogens is 188 g/mol. The highest BCUT2D eigenvalue weighted by molar-refractivity contribution is 6.54. The van der Waals surface area contributed by atoms with Crippen LogP contribution in [0.25, 0.3) is 0 Å². The van der Waals surface area contributed by atoms with Crippen molar-refractivity contribution in [2.75, 3.05) is 0 Å². The number of nitrogens with zero attached hydrogens (tertiary/aromatic N) is 4. The van der Waals surface area contributed by atoms with E-state index < -0.39 is 6.17 Å². The first kappa shape index (κ1) is 9.11. The fraction of sp³-hybridized carbons (Fsp3) is 0.0909. The number of rotatable bonds is 1. The Balaban J connectivity index is 2.39. The lowest BCUT2D eigenvalue weighted by Crippen LogP contribution is -2.04. The van der Waals surface area contributed by atoms with Crippen molar-refractivity contribution in [1.29, 1.82) is 10.5 Å². The van der Waals surface area contributed by atoms with E-state index in [1.165, 1.54) is 0 Å². The van der Waals surface area contributed by atoms with E-state index in [2.05, 4.69) is 9.98 Å². The van der Waals surface area contributed by atoms with Gasteiger partial charge >= 0.3 is 0 Å². The molecule has 0 N–H and O–H groups in total. The molecule has 0 saturated carbocycles. The number of benzene rings is 1. The van der Waals surface area contributed by atoms with E-state index in [4.69, 9.17) is 10.5 Å². The molecule has 1 aromatic rings. The van der Waals surface area contributed by atoms with E-state index in [0.717, 1.165) is 5.56 Å². The summed E-state index contributed by atoms with van der Waals surface area (Å²) in [5, 5.41) is 17.4. The summed E-state index contributed by atoms with van der Waals surface area (Å²) < 4.78 is 0. The standard InChI is InChI=1S/C11H6N4/c12-6-9-10(7-13)15-11(14-9)8-4-2-1-3-5-8/h1-5,11H. The molecule has 0 saturated heterocycles. The quantitative estimate of drug-likeness (QED) is 0.681. The molecule has 2 rings (SSSR count). The first-order chi connectivity index (χ1) is 7.35. The molecule has 0 bridgehead atoms. The third kappa shape index (κ3) is 1.61. The Morgan fingerprint density at radius 3 is 1.93 bits per heavy atom. The van der Waals surface area contributed by atoms with Gasteiger partial charge in [0.25, 0.3) is 0 Å². The van der Waals surface area contributed by atoms with Crippen molar-refractivity contribution in [3.05, 3.63) is 35.9 Å². The fourth-order valence-electron chi connectivity index (χ4n) is 1.33. The zero-order valence-electron chi connectivity index (χ0n) is 7.75. The van der Waals surface area contributed by atoms with E-state index in [1.54, 1.807) is 0 Å². The molecular formula is C11H6N4. The lowest BCUT2D eigenvalue weighted by atomic mass is 10.2. The average Bonchev–Trinajstić information content (AvgIpc) is 2.73. The molecule has 1 aliphatic heterocycles. The number of hydrogen-bond donors (Lipinski definition) is 0. The highest BCUT2D eigenvalue weighted by Crippen LogP contribution is 2.23. The van der Waals surface area contributed by atoms with Crippen LogP contribution in [0.4, 0.5) is 0 Å². The predicted octanol–water partition coefficient (Wildman–Crippen LogP) is 1.63. The molecule has 0 fully saturated rings. The Labute approximate surface area is 86.8 Å². The maximum atomic E-state index is 8.72. The Morgan fingerprint density at radius 2 is 1.47 bits per heavy atom. The van der Waals surface area contributed by atoms with Crippen molar-refractivity contribution in [3.8, 4) is 12.1 Å². The summed E-state index contributed by atoms with van der Waals surface area (Å²) >= 11 is 0. The second kappa shape index (κ2) is 3.73. The molecule has 70 valence electrons. The molecule has 4 nitrogen and oxygen atoms in total. The van der Waals surface area contributed by atoms with E-state index in [1.807, 2.05) is 42.5 Å². The van der Waals surface area contributed by atoms with Crippen LogP contribution in [0.1, 0.15) is 11.7 Å². The van der Waals surface area contributed by atoms with Gasteiger partial charge in [-0.1, -0.05) is 30.3 Å². The summed E-state index contributed by atoms with van der Waals surface area (Å²) in [4.78, 5) is 8.12. The van der Waals surface area contributed by atoms with Crippen LogP contribution in [0, 0.1) is 22.7 Å². The minimum absolute atomic E-state index is 0.117. The van der Waals surface area contributed by atoms with E-state index in [-0.39, 0.29) is 11.4 Å². The predicted molar refractivity (Wildman–Crippen MR) is 55.3 cm³/mol. The first-order valence-corrected chi connectivity index (χ1v) is 4.36. The molecule has 0 aliphatic carbocycles. The van der Waals surface area contributed by atoms with Crippen molar-refractivity contribution in [2.45, 2.75) is 6.17 Å². The molecule has 0 radical (unpaired) electrons. The van der Waals surface area contributed by atoms with Crippen molar-refractivity contribution < 1.29 is 0 Å². The summed E-state index contributed by atoms with van der Waals surface area (Å²) in [6, 6.07) is 13.1. The van der Waals surface area contributed by atoms with Gasteiger partial charge in [-0.25, -0.2) is 9.98 Å². The molecule has 0 aromatic heterocycles. The van der Waals surface area contributed by atoms with Crippen LogP contribution >= 0.6 is 0 Å². The normalized spacial score (nSPS) is 15.1. The second-order valence-electron chi connectivity index (χ2n) is 2.96. The molecule has 0 amide bonds. The first-order valence-electron chi connectivity index (χ1n) is 4.36. The maximum absolute atomic E-state index is 8.72. The molecule has 0 spiro atoms. The summed E-state index contributed by atoms with van der Waals surface area (Å²) in [7, 11) is 0. The topological polar surface area (TPSA) is 72.3 Å². The van der Waals surface area contributed by atoms with Gasteiger partial charge in [0.05, 0.1) is 0 Å². The van der Waals surface area contributed by atoms with Gasteiger partial charge in [-0.3, -0.25) is 0 Å². The lowest BCUT2D eigenvalue weighted by Gasteiger charge is -2.01. The monoisotopic (exact) mass is 194 g/mol. The average molecular weight is 194 g/mol. The van der Waals surface area contributed by atoms with Crippen LogP contribution in [0.3, 0.4) is 0 Å². The zero-order chi connectivity index (χ0) is 10.7. The molecule has 15 heavy (non-hydrogen) atoms. The highest BCUT2D eigenvalue weighted by atomic mass is 15.1. The minimum Gasteiger partial charge on any atom is -0.240 e. The number of aliphatic imine (C=N–C) groups is 2. The number of nitriles is 2. The van der Waals surface area contributed by atoms with Crippen LogP contribution in [-0.2, 0) is 0 Å². The Morgan fingerprint density at radius 1 is 0.933 bits per heavy atom. The van der Waals surface area contributed by atoms with E-state index in [9.17, 15) is 0 Å². The van der Waals surface area contributed by atoms with Crippen molar-refractivity contribution in [1.82, 2.24) is 0 Å². The van der Waals surface area contributed by atoms with Gasteiger partial charge in [-0.15, -0.1) is 0 Å². The Hall–Kier alpha value is -2.46. The summed E-state index contributed by atoms with van der Waals surface area (Å²) in [5.74, 6) is 0. The lowest BCUT2D eigenvalue weighted by molar-refractivity contribution is 0.799. The largest absolute Gasteiger partial charge is 0.240 e. The third-order valence-electron chi connectivity index (χ3n) is 2.04. The van der Waals surface area contributed by atoms with Crippen molar-refractivity contribution >= 4 is 11.4 Å². The summed E-state index contributed by atoms with van der Waals surface area (Å²) in [5.41, 5.74) is 1.12. The van der Waals surface area contributed by atoms with Gasteiger partial charge in [-0.05, 0) is 5.56 Å². The van der Waals surface area contributed by atoms with Crippen LogP contribution in [-0.4, -0.2) is 11.4 Å². The molecule has 1 heterocycles. The molecule has 0 unspecified atom stereocenters. The van der Waals surface area contributed by atoms with Crippen molar-refractivity contribution in [3.63, 3.8) is 0 Å². The van der Waals surface area contributed by atoms with Gasteiger partial charge in [-0.2, -0.15) is 10.5 Å². The Kier molecular flexibility index (Phi) is 2.26. The molecule has 1 aromatic carbocycles. The fourth-order valence-corrected chi connectivity index (χ4v) is 1.33. The van der Waals surface area contributed by atoms with E-state index in [0.29, 0.717) is 0 Å². The summed E-state index contributed by atoms with van der Waals surface area (Å²) in [6.45, 7) is 0. The van der Waals surface area contributed by atoms with Gasteiger partial charge in [0.15, 0.2) is 17.6 Å². The van der Waals surface area contributed by atoms with Crippen LogP contribution in [0.2, 0.25) is 0 Å². The maximum Gasteiger partial charge on any atom is 0.174 e. The van der Waals surface area contributed by atoms with E-state index >= 15 is 0 Å². The Bertz CT molecular complexity index is 484. The SMILES string of the molecule is N#CC1=NC(c2ccccc2)N=C1C#N. The minimum atomic E-state index is -0.435. The summed E-state index contributed by atoms with van der Waals surface area (Å²) in [6.07, 6.45) is -0.435. The second-order valence-corrected chi connectivity index (χ2v) is 2.96. The van der Waals surface area contributed by atoms with Gasteiger partial charge < -0.3 is 0 Å². The van der Waals surface area contributed by atoms with Crippen molar-refractivity contribution in [2.24, 2.45) is 9.98 Å². The van der Waals surface area contributed by atoms with Gasteiger partial charge in [0.1, 0.15) is 12.1 Å². The zero-order valence-corrected chi connectivity index (χ0v) is 7.75. The highest BCUT2D eigenvalue weighted by Gasteiger charge is 2.21. The van der Waals surface area contributed by atoms with Crippen LogP contribution in [0.5, 0.6) is 0 Å². The third-order valence-corrected chi connectivity index (χ3v) is 2.04. The van der Waals surface area contributed by atoms with Crippen LogP contribution in [0.15, 0.2) is 40.3 Å². The molecule has 1 aliphatic rings. The smallest absolute Gasteiger partial charge is 0.174 e. The number of hydrogen-bond acceptors (Lipinski definition) is 4. The van der Waals surface area contributed by atoms with Gasteiger partial charge in [0.2, 0.25) is 0 Å². The van der Waals surface area contributed by atoms with Gasteiger partial charge in [0, 0.05) is 0 Å². The van der Waals surface area contributed by atoms with Crippen LogP contribution < -0.4 is 0 Å². The molecule has 4 heteroatoms. The molecule has 0 atom stereocenters.